The molecule has 0 radical (unpaired) electrons. The monoisotopic (exact) mass is 377 g/mol. The molecule has 0 saturated heterocycles. The van der Waals surface area contributed by atoms with Crippen molar-refractivity contribution in [2.45, 2.75) is 0 Å². The van der Waals surface area contributed by atoms with Crippen molar-refractivity contribution in [2.24, 2.45) is 0 Å². The molecule has 0 aliphatic rings. The Morgan fingerprint density at radius 2 is 1.57 bits per heavy atom. The highest BCUT2D eigenvalue weighted by molar-refractivity contribution is 5.88. The van der Waals surface area contributed by atoms with Crippen LogP contribution in [-0.2, 0) is 0 Å². The van der Waals surface area contributed by atoms with E-state index in [1.54, 1.807) is 44.5 Å². The summed E-state index contributed by atoms with van der Waals surface area (Å²) in [5, 5.41) is 5.08. The van der Waals surface area contributed by atoms with Gasteiger partial charge in [-0.1, -0.05) is 0 Å². The molecule has 0 saturated carbocycles. The number of nitrogens with zero attached hydrogens (tertiary/aromatic N) is 3. The first-order valence-electron chi connectivity index (χ1n) is 8.59. The van der Waals surface area contributed by atoms with Crippen molar-refractivity contribution in [1.29, 1.82) is 0 Å². The zero-order valence-electron chi connectivity index (χ0n) is 15.7. The molecular weight excluding hydrogens is 358 g/mol. The number of fused-ring (bicyclic) bond motifs is 1. The van der Waals surface area contributed by atoms with Gasteiger partial charge in [-0.25, -0.2) is 4.68 Å². The molecule has 0 fully saturated rings. The molecule has 2 heterocycles. The highest BCUT2D eigenvalue weighted by atomic mass is 16.5. The number of aromatic nitrogens is 3. The standard InChI is InChI=1S/C21H19N3O4/c1-25-15-9-14(24-8-4-6-23-24)10-16(11-15)28-19-5-7-22-18-13-21(27-3)20(26-2)12-17(18)19/h4-13H,1-3H3. The molecule has 7 nitrogen and oxygen atoms in total. The van der Waals surface area contributed by atoms with Gasteiger partial charge in [0.05, 0.1) is 32.5 Å². The van der Waals surface area contributed by atoms with Gasteiger partial charge in [0, 0.05) is 48.2 Å². The molecule has 0 amide bonds. The molecule has 0 N–H and O–H groups in total. The van der Waals surface area contributed by atoms with Crippen LogP contribution in [0, 0.1) is 0 Å². The molecule has 7 heteroatoms. The number of hydrogen-bond donors (Lipinski definition) is 0. The Kier molecular flexibility index (Phi) is 4.72. The second-order valence-electron chi connectivity index (χ2n) is 5.95. The van der Waals surface area contributed by atoms with Crippen LogP contribution < -0.4 is 18.9 Å². The van der Waals surface area contributed by atoms with Gasteiger partial charge in [0.25, 0.3) is 0 Å². The molecule has 142 valence electrons. The van der Waals surface area contributed by atoms with Crippen LogP contribution in [0.25, 0.3) is 16.6 Å². The van der Waals surface area contributed by atoms with Gasteiger partial charge < -0.3 is 18.9 Å². The second kappa shape index (κ2) is 7.48. The zero-order chi connectivity index (χ0) is 19.5. The SMILES string of the molecule is COc1cc(Oc2ccnc3cc(OC)c(OC)cc23)cc(-n2cccn2)c1. The third kappa shape index (κ3) is 3.29. The van der Waals surface area contributed by atoms with Crippen molar-refractivity contribution in [2.75, 3.05) is 21.3 Å². The zero-order valence-corrected chi connectivity index (χ0v) is 15.7. The predicted octanol–water partition coefficient (Wildman–Crippen LogP) is 4.24. The maximum absolute atomic E-state index is 6.19. The Morgan fingerprint density at radius 3 is 2.29 bits per heavy atom. The Morgan fingerprint density at radius 1 is 0.786 bits per heavy atom. The topological polar surface area (TPSA) is 67.6 Å². The summed E-state index contributed by atoms with van der Waals surface area (Å²) in [6, 6.07) is 12.9. The molecule has 0 spiro atoms. The van der Waals surface area contributed by atoms with E-state index in [1.807, 2.05) is 42.6 Å². The first-order chi connectivity index (χ1) is 13.7. The van der Waals surface area contributed by atoms with E-state index in [0.717, 1.165) is 16.6 Å². The Balaban J connectivity index is 1.79. The minimum absolute atomic E-state index is 0.607. The summed E-state index contributed by atoms with van der Waals surface area (Å²) < 4.78 is 24.1. The van der Waals surface area contributed by atoms with E-state index in [-0.39, 0.29) is 0 Å². The summed E-state index contributed by atoms with van der Waals surface area (Å²) in [5.74, 6) is 3.15. The summed E-state index contributed by atoms with van der Waals surface area (Å²) in [6.07, 6.45) is 5.27. The maximum Gasteiger partial charge on any atom is 0.162 e. The van der Waals surface area contributed by atoms with Crippen LogP contribution in [-0.4, -0.2) is 36.1 Å². The first-order valence-corrected chi connectivity index (χ1v) is 8.59. The van der Waals surface area contributed by atoms with Gasteiger partial charge in [0.1, 0.15) is 17.2 Å². The summed E-state index contributed by atoms with van der Waals surface area (Å²) in [6.45, 7) is 0. The van der Waals surface area contributed by atoms with E-state index in [9.17, 15) is 0 Å². The number of ether oxygens (including phenoxy) is 4. The highest BCUT2D eigenvalue weighted by Crippen LogP contribution is 2.37. The number of methoxy groups -OCH3 is 3. The molecule has 0 bridgehead atoms. The van der Waals surface area contributed by atoms with Crippen molar-refractivity contribution in [3.8, 4) is 34.4 Å². The Labute approximate surface area is 162 Å². The van der Waals surface area contributed by atoms with Gasteiger partial charge in [0.2, 0.25) is 0 Å². The van der Waals surface area contributed by atoms with Gasteiger partial charge in [0.15, 0.2) is 11.5 Å². The van der Waals surface area contributed by atoms with Gasteiger partial charge >= 0.3 is 0 Å². The highest BCUT2D eigenvalue weighted by Gasteiger charge is 2.12. The fraction of sp³-hybridized carbons (Fsp3) is 0.143. The summed E-state index contributed by atoms with van der Waals surface area (Å²) >= 11 is 0. The van der Waals surface area contributed by atoms with Crippen molar-refractivity contribution in [1.82, 2.24) is 14.8 Å². The van der Waals surface area contributed by atoms with Crippen LogP contribution in [0.4, 0.5) is 0 Å². The molecular formula is C21H19N3O4. The minimum Gasteiger partial charge on any atom is -0.497 e. The molecule has 28 heavy (non-hydrogen) atoms. The van der Waals surface area contributed by atoms with E-state index in [2.05, 4.69) is 10.1 Å². The van der Waals surface area contributed by atoms with Crippen LogP contribution in [0.3, 0.4) is 0 Å². The van der Waals surface area contributed by atoms with E-state index < -0.39 is 0 Å². The van der Waals surface area contributed by atoms with Crippen molar-refractivity contribution in [3.05, 3.63) is 61.1 Å². The van der Waals surface area contributed by atoms with Gasteiger partial charge in [-0.3, -0.25) is 4.98 Å². The third-order valence-electron chi connectivity index (χ3n) is 4.30. The van der Waals surface area contributed by atoms with Crippen LogP contribution in [0.2, 0.25) is 0 Å². The lowest BCUT2D eigenvalue weighted by molar-refractivity contribution is 0.355. The molecule has 2 aromatic heterocycles. The van der Waals surface area contributed by atoms with Gasteiger partial charge in [-0.15, -0.1) is 0 Å². The maximum atomic E-state index is 6.19. The van der Waals surface area contributed by atoms with Crippen molar-refractivity contribution >= 4 is 10.9 Å². The lowest BCUT2D eigenvalue weighted by atomic mass is 10.2. The van der Waals surface area contributed by atoms with Gasteiger partial charge in [-0.05, 0) is 18.2 Å². The van der Waals surface area contributed by atoms with E-state index >= 15 is 0 Å². The number of rotatable bonds is 6. The largest absolute Gasteiger partial charge is 0.497 e. The quantitative estimate of drug-likeness (QED) is 0.501. The van der Waals surface area contributed by atoms with Crippen molar-refractivity contribution in [3.63, 3.8) is 0 Å². The molecule has 0 atom stereocenters. The average Bonchev–Trinajstić information content (AvgIpc) is 3.27. The third-order valence-corrected chi connectivity index (χ3v) is 4.30. The average molecular weight is 377 g/mol. The first kappa shape index (κ1) is 17.7. The van der Waals surface area contributed by atoms with Crippen LogP contribution >= 0.6 is 0 Å². The lowest BCUT2D eigenvalue weighted by Gasteiger charge is -2.14. The second-order valence-corrected chi connectivity index (χ2v) is 5.95. The summed E-state index contributed by atoms with van der Waals surface area (Å²) in [4.78, 5) is 4.41. The fourth-order valence-electron chi connectivity index (χ4n) is 2.95. The lowest BCUT2D eigenvalue weighted by Crippen LogP contribution is -1.97. The van der Waals surface area contributed by atoms with Gasteiger partial charge in [-0.2, -0.15) is 5.10 Å². The molecule has 4 aromatic rings. The van der Waals surface area contributed by atoms with Crippen LogP contribution in [0.1, 0.15) is 0 Å². The summed E-state index contributed by atoms with van der Waals surface area (Å²) in [5.41, 5.74) is 1.57. The molecule has 4 rings (SSSR count). The van der Waals surface area contributed by atoms with E-state index in [1.165, 1.54) is 0 Å². The number of pyridine rings is 1. The van der Waals surface area contributed by atoms with E-state index in [0.29, 0.717) is 28.7 Å². The Bertz CT molecular complexity index is 1110. The molecule has 0 aliphatic carbocycles. The normalized spacial score (nSPS) is 10.7. The molecule has 0 unspecified atom stereocenters. The van der Waals surface area contributed by atoms with Crippen LogP contribution in [0.5, 0.6) is 28.7 Å². The van der Waals surface area contributed by atoms with E-state index in [4.69, 9.17) is 18.9 Å². The minimum atomic E-state index is 0.607. The molecule has 2 aromatic carbocycles. The number of benzene rings is 2. The fourth-order valence-corrected chi connectivity index (χ4v) is 2.95. The smallest absolute Gasteiger partial charge is 0.162 e. The van der Waals surface area contributed by atoms with Crippen LogP contribution in [0.15, 0.2) is 61.1 Å². The summed E-state index contributed by atoms with van der Waals surface area (Å²) in [7, 11) is 4.81. The predicted molar refractivity (Wildman–Crippen MR) is 105 cm³/mol. The number of hydrogen-bond acceptors (Lipinski definition) is 6. The molecule has 0 aliphatic heterocycles. The van der Waals surface area contributed by atoms with Crippen molar-refractivity contribution < 1.29 is 18.9 Å². The Hall–Kier alpha value is -3.74.